The number of benzene rings is 2. The molecule has 25 heavy (non-hydrogen) atoms. The van der Waals surface area contributed by atoms with Crippen LogP contribution in [0.25, 0.3) is 0 Å². The zero-order chi connectivity index (χ0) is 18.2. The molecule has 0 aliphatic heterocycles. The summed E-state index contributed by atoms with van der Waals surface area (Å²) in [7, 11) is 0. The van der Waals surface area contributed by atoms with Crippen LogP contribution in [0, 0.1) is 12.7 Å². The van der Waals surface area contributed by atoms with Gasteiger partial charge in [0.05, 0.1) is 5.71 Å². The third kappa shape index (κ3) is 6.18. The van der Waals surface area contributed by atoms with Crippen molar-refractivity contribution in [3.05, 3.63) is 65.5 Å². The highest BCUT2D eigenvalue weighted by molar-refractivity contribution is 5.99. The van der Waals surface area contributed by atoms with Crippen LogP contribution in [0.1, 0.15) is 30.9 Å². The van der Waals surface area contributed by atoms with E-state index in [9.17, 15) is 14.0 Å². The average molecular weight is 341 g/mol. The molecule has 0 bridgehead atoms. The number of aryl methyl sites for hydroxylation is 1. The molecule has 0 aromatic heterocycles. The van der Waals surface area contributed by atoms with Crippen LogP contribution in [-0.2, 0) is 9.59 Å². The lowest BCUT2D eigenvalue weighted by Crippen LogP contribution is -2.21. The lowest BCUT2D eigenvalue weighted by atomic mass is 10.1. The lowest BCUT2D eigenvalue weighted by molar-refractivity contribution is -0.124. The Morgan fingerprint density at radius 2 is 1.72 bits per heavy atom. The molecule has 130 valence electrons. The molecule has 5 nitrogen and oxygen atoms in total. The van der Waals surface area contributed by atoms with Crippen molar-refractivity contribution in [3.63, 3.8) is 0 Å². The van der Waals surface area contributed by atoms with Gasteiger partial charge in [0, 0.05) is 18.5 Å². The molecular weight excluding hydrogens is 321 g/mol. The van der Waals surface area contributed by atoms with E-state index in [1.54, 1.807) is 25.1 Å². The molecule has 2 N–H and O–H groups in total. The van der Waals surface area contributed by atoms with Gasteiger partial charge < -0.3 is 5.32 Å². The predicted octanol–water partition coefficient (Wildman–Crippen LogP) is 3.39. The topological polar surface area (TPSA) is 70.6 Å². The second kappa shape index (κ2) is 8.73. The number of nitrogens with one attached hydrogen (secondary N) is 2. The van der Waals surface area contributed by atoms with Crippen molar-refractivity contribution in [2.75, 3.05) is 5.32 Å². The van der Waals surface area contributed by atoms with E-state index in [0.29, 0.717) is 17.0 Å². The van der Waals surface area contributed by atoms with Gasteiger partial charge in [-0.3, -0.25) is 9.59 Å². The molecule has 0 atom stereocenters. The summed E-state index contributed by atoms with van der Waals surface area (Å²) in [6, 6.07) is 13.2. The van der Waals surface area contributed by atoms with Crippen LogP contribution in [0.3, 0.4) is 0 Å². The molecule has 0 heterocycles. The molecule has 2 rings (SSSR count). The molecule has 0 radical (unpaired) electrons. The Kier molecular flexibility index (Phi) is 6.39. The van der Waals surface area contributed by atoms with E-state index in [1.807, 2.05) is 25.1 Å². The van der Waals surface area contributed by atoms with Gasteiger partial charge in [-0.1, -0.05) is 24.3 Å². The molecule has 0 unspecified atom stereocenters. The van der Waals surface area contributed by atoms with Gasteiger partial charge in [-0.2, -0.15) is 5.10 Å². The van der Waals surface area contributed by atoms with Gasteiger partial charge in [-0.05, 0) is 49.2 Å². The Morgan fingerprint density at radius 1 is 1.04 bits per heavy atom. The second-order valence-corrected chi connectivity index (χ2v) is 5.66. The molecule has 0 saturated carbocycles. The minimum Gasteiger partial charge on any atom is -0.326 e. The van der Waals surface area contributed by atoms with Crippen LogP contribution >= 0.6 is 0 Å². The third-order valence-corrected chi connectivity index (χ3v) is 3.49. The number of rotatable bonds is 6. The fourth-order valence-corrected chi connectivity index (χ4v) is 2.13. The number of carbonyl (C=O) groups excluding carboxylic acids is 2. The quantitative estimate of drug-likeness (QED) is 0.624. The zero-order valence-electron chi connectivity index (χ0n) is 14.2. The summed E-state index contributed by atoms with van der Waals surface area (Å²) in [5.41, 5.74) is 5.41. The lowest BCUT2D eigenvalue weighted by Gasteiger charge is -2.06. The number of nitrogens with zero attached hydrogens (tertiary/aromatic N) is 1. The van der Waals surface area contributed by atoms with Gasteiger partial charge in [0.2, 0.25) is 11.8 Å². The van der Waals surface area contributed by atoms with Gasteiger partial charge in [0.1, 0.15) is 5.82 Å². The number of amides is 2. The van der Waals surface area contributed by atoms with Crippen molar-refractivity contribution in [1.29, 1.82) is 0 Å². The maximum atomic E-state index is 12.9. The highest BCUT2D eigenvalue weighted by Crippen LogP contribution is 2.10. The summed E-state index contributed by atoms with van der Waals surface area (Å²) in [4.78, 5) is 23.6. The summed E-state index contributed by atoms with van der Waals surface area (Å²) < 4.78 is 12.9. The average Bonchev–Trinajstić information content (AvgIpc) is 2.58. The van der Waals surface area contributed by atoms with Gasteiger partial charge in [0.25, 0.3) is 0 Å². The Bertz CT molecular complexity index is 786. The van der Waals surface area contributed by atoms with Crippen molar-refractivity contribution < 1.29 is 14.0 Å². The van der Waals surface area contributed by atoms with Gasteiger partial charge >= 0.3 is 0 Å². The summed E-state index contributed by atoms with van der Waals surface area (Å²) >= 11 is 0. The maximum Gasteiger partial charge on any atom is 0.240 e. The number of hydrogen-bond donors (Lipinski definition) is 2. The van der Waals surface area contributed by atoms with Gasteiger partial charge in [-0.15, -0.1) is 0 Å². The Morgan fingerprint density at radius 3 is 2.40 bits per heavy atom. The Labute approximate surface area is 145 Å². The van der Waals surface area contributed by atoms with Crippen molar-refractivity contribution >= 4 is 23.2 Å². The highest BCUT2D eigenvalue weighted by Gasteiger charge is 2.07. The van der Waals surface area contributed by atoms with E-state index in [4.69, 9.17) is 0 Å². The molecule has 2 aromatic rings. The van der Waals surface area contributed by atoms with E-state index in [-0.39, 0.29) is 30.5 Å². The maximum absolute atomic E-state index is 12.9. The first-order valence-corrected chi connectivity index (χ1v) is 7.89. The van der Waals surface area contributed by atoms with Crippen molar-refractivity contribution in [2.24, 2.45) is 5.10 Å². The molecular formula is C19H20FN3O2. The standard InChI is InChI=1S/C19H20FN3O2/c1-13-4-3-5-17(12-13)21-18(24)10-11-19(25)23-22-14(2)15-6-8-16(20)9-7-15/h3-9,12H,10-11H2,1-2H3,(H,21,24)(H,23,25)/b22-14+. The molecule has 0 fully saturated rings. The van der Waals surface area contributed by atoms with E-state index in [1.165, 1.54) is 12.1 Å². The first-order valence-electron chi connectivity index (χ1n) is 7.89. The number of hydrogen-bond acceptors (Lipinski definition) is 3. The molecule has 0 aliphatic carbocycles. The minimum absolute atomic E-state index is 0.0256. The summed E-state index contributed by atoms with van der Waals surface area (Å²) in [5.74, 6) is -0.930. The fraction of sp³-hybridized carbons (Fsp3) is 0.211. The van der Waals surface area contributed by atoms with Crippen LogP contribution in [0.5, 0.6) is 0 Å². The molecule has 0 aliphatic rings. The number of carbonyl (C=O) groups is 2. The van der Waals surface area contributed by atoms with Crippen LogP contribution in [0.15, 0.2) is 53.6 Å². The number of halogens is 1. The largest absolute Gasteiger partial charge is 0.326 e. The minimum atomic E-state index is -0.360. The summed E-state index contributed by atoms with van der Waals surface area (Å²) in [6.45, 7) is 3.64. The molecule has 0 saturated heterocycles. The smallest absolute Gasteiger partial charge is 0.240 e. The SMILES string of the molecule is C/C(=N\NC(=O)CCC(=O)Nc1cccc(C)c1)c1ccc(F)cc1. The zero-order valence-corrected chi connectivity index (χ0v) is 14.2. The summed E-state index contributed by atoms with van der Waals surface area (Å²) in [5, 5.41) is 6.70. The van der Waals surface area contributed by atoms with Crippen LogP contribution in [0.2, 0.25) is 0 Å². The fourth-order valence-electron chi connectivity index (χ4n) is 2.13. The summed E-state index contributed by atoms with van der Waals surface area (Å²) in [6.07, 6.45) is 0.0860. The van der Waals surface area contributed by atoms with Gasteiger partial charge in [0.15, 0.2) is 0 Å². The van der Waals surface area contributed by atoms with E-state index >= 15 is 0 Å². The monoisotopic (exact) mass is 341 g/mol. The normalized spacial score (nSPS) is 11.1. The van der Waals surface area contributed by atoms with E-state index < -0.39 is 0 Å². The van der Waals surface area contributed by atoms with Crippen LogP contribution in [0.4, 0.5) is 10.1 Å². The number of anilines is 1. The second-order valence-electron chi connectivity index (χ2n) is 5.66. The molecule has 0 spiro atoms. The predicted molar refractivity (Wildman–Crippen MR) is 95.8 cm³/mol. The Balaban J connectivity index is 1.79. The van der Waals surface area contributed by atoms with E-state index in [0.717, 1.165) is 5.56 Å². The van der Waals surface area contributed by atoms with Gasteiger partial charge in [-0.25, -0.2) is 9.82 Å². The third-order valence-electron chi connectivity index (χ3n) is 3.49. The van der Waals surface area contributed by atoms with E-state index in [2.05, 4.69) is 15.8 Å². The first-order chi connectivity index (χ1) is 11.9. The highest BCUT2D eigenvalue weighted by atomic mass is 19.1. The van der Waals surface area contributed by atoms with Crippen molar-refractivity contribution in [2.45, 2.75) is 26.7 Å². The molecule has 2 amide bonds. The molecule has 2 aromatic carbocycles. The Hall–Kier alpha value is -3.02. The van der Waals surface area contributed by atoms with Crippen LogP contribution in [-0.4, -0.2) is 17.5 Å². The van der Waals surface area contributed by atoms with Crippen molar-refractivity contribution in [1.82, 2.24) is 5.43 Å². The number of hydrazone groups is 1. The first kappa shape index (κ1) is 18.3. The van der Waals surface area contributed by atoms with Crippen LogP contribution < -0.4 is 10.7 Å². The van der Waals surface area contributed by atoms with Crippen molar-refractivity contribution in [3.8, 4) is 0 Å². The molecule has 6 heteroatoms.